The monoisotopic (exact) mass is 188 g/mol. The lowest BCUT2D eigenvalue weighted by Gasteiger charge is -2.12. The average Bonchev–Trinajstić information content (AvgIpc) is 2.64. The van der Waals surface area contributed by atoms with Crippen LogP contribution < -0.4 is 0 Å². The molecule has 0 aromatic heterocycles. The minimum absolute atomic E-state index is 0.542. The molecule has 0 saturated carbocycles. The summed E-state index contributed by atoms with van der Waals surface area (Å²) < 4.78 is 4.94. The maximum Gasteiger partial charge on any atom is 0.0466 e. The summed E-state index contributed by atoms with van der Waals surface area (Å²) in [6, 6.07) is 0. The van der Waals surface area contributed by atoms with E-state index in [0.29, 0.717) is 5.41 Å². The van der Waals surface area contributed by atoms with Gasteiger partial charge in [0.05, 0.1) is 0 Å². The molecule has 0 amide bonds. The van der Waals surface area contributed by atoms with Crippen molar-refractivity contribution < 1.29 is 4.74 Å². The quantitative estimate of drug-likeness (QED) is 0.552. The molecule has 82 valence electrons. The molecule has 0 radical (unpaired) electrons. The van der Waals surface area contributed by atoms with Crippen LogP contribution >= 0.6 is 0 Å². The van der Waals surface area contributed by atoms with Crippen molar-refractivity contribution in [2.24, 2.45) is 5.41 Å². The van der Waals surface area contributed by atoms with Crippen LogP contribution in [0.4, 0.5) is 0 Å². The molecule has 0 unspecified atom stereocenters. The highest BCUT2D eigenvalue weighted by Gasteiger charge is 2.03. The highest BCUT2D eigenvalue weighted by molar-refractivity contribution is 4.55. The lowest BCUT2D eigenvalue weighted by Crippen LogP contribution is -2.00. The van der Waals surface area contributed by atoms with Crippen LogP contribution in [0.25, 0.3) is 0 Å². The van der Waals surface area contributed by atoms with Crippen molar-refractivity contribution in [2.45, 2.75) is 60.8 Å². The summed E-state index contributed by atoms with van der Waals surface area (Å²) >= 11 is 0. The summed E-state index contributed by atoms with van der Waals surface area (Å²) in [6.45, 7) is 14.9. The normalized spacial score (nSPS) is 15.2. The van der Waals surface area contributed by atoms with E-state index in [0.717, 1.165) is 13.2 Å². The zero-order valence-electron chi connectivity index (χ0n) is 10.4. The lowest BCUT2D eigenvalue weighted by atomic mass is 9.94. The van der Waals surface area contributed by atoms with Gasteiger partial charge in [-0.05, 0) is 18.3 Å². The summed E-state index contributed by atoms with van der Waals surface area (Å²) in [4.78, 5) is 0. The summed E-state index contributed by atoms with van der Waals surface area (Å²) in [7, 11) is 0. The average molecular weight is 188 g/mol. The van der Waals surface area contributed by atoms with E-state index in [9.17, 15) is 0 Å². The Bertz CT molecular complexity index is 70.0. The third-order valence-corrected chi connectivity index (χ3v) is 1.89. The predicted molar refractivity (Wildman–Crippen MR) is 61.1 cm³/mol. The van der Waals surface area contributed by atoms with Crippen molar-refractivity contribution in [3.63, 3.8) is 0 Å². The molecule has 1 rings (SSSR count). The third kappa shape index (κ3) is 18.7. The predicted octanol–water partition coefficient (Wildman–Crippen LogP) is 4.27. The molecule has 0 aromatic carbocycles. The Labute approximate surface area is 84.9 Å². The summed E-state index contributed by atoms with van der Waals surface area (Å²) in [5.41, 5.74) is 0.542. The van der Waals surface area contributed by atoms with Gasteiger partial charge in [0.1, 0.15) is 0 Å². The minimum Gasteiger partial charge on any atom is -0.381 e. The standard InChI is InChI=1S/C6H14.C4H8O.C2H6/c1-5-6(2,3)4;1-2-4-5-3-1;1-2/h5H2,1-4H3;1-4H2;1-2H3. The van der Waals surface area contributed by atoms with Crippen LogP contribution in [0.2, 0.25) is 0 Å². The molecule has 1 heteroatoms. The molecular formula is C12H28O. The van der Waals surface area contributed by atoms with Gasteiger partial charge in [-0.25, -0.2) is 0 Å². The first-order chi connectivity index (χ1) is 6.06. The second-order valence-corrected chi connectivity index (χ2v) is 4.23. The number of rotatable bonds is 0. The van der Waals surface area contributed by atoms with Crippen molar-refractivity contribution in [1.82, 2.24) is 0 Å². The van der Waals surface area contributed by atoms with Crippen LogP contribution in [0.1, 0.15) is 60.8 Å². The molecule has 1 saturated heterocycles. The van der Waals surface area contributed by atoms with Crippen LogP contribution in [0.3, 0.4) is 0 Å². The fourth-order valence-corrected chi connectivity index (χ4v) is 0.510. The van der Waals surface area contributed by atoms with E-state index in [1.807, 2.05) is 13.8 Å². The maximum atomic E-state index is 4.94. The van der Waals surface area contributed by atoms with E-state index >= 15 is 0 Å². The van der Waals surface area contributed by atoms with Crippen LogP contribution in [-0.4, -0.2) is 13.2 Å². The van der Waals surface area contributed by atoms with Gasteiger partial charge in [-0.2, -0.15) is 0 Å². The maximum absolute atomic E-state index is 4.94. The van der Waals surface area contributed by atoms with Gasteiger partial charge in [0.25, 0.3) is 0 Å². The molecule has 1 aliphatic heterocycles. The molecule has 1 aliphatic rings. The van der Waals surface area contributed by atoms with Gasteiger partial charge < -0.3 is 4.74 Å². The van der Waals surface area contributed by atoms with Crippen LogP contribution in [0.5, 0.6) is 0 Å². The van der Waals surface area contributed by atoms with Gasteiger partial charge in [-0.1, -0.05) is 48.0 Å². The van der Waals surface area contributed by atoms with Gasteiger partial charge in [-0.3, -0.25) is 0 Å². The van der Waals surface area contributed by atoms with Gasteiger partial charge in [-0.15, -0.1) is 0 Å². The highest BCUT2D eigenvalue weighted by Crippen LogP contribution is 2.16. The van der Waals surface area contributed by atoms with E-state index in [1.54, 1.807) is 0 Å². The van der Waals surface area contributed by atoms with E-state index in [4.69, 9.17) is 4.74 Å². The molecule has 1 fully saturated rings. The number of ether oxygens (including phenoxy) is 1. The second kappa shape index (κ2) is 10.0. The Balaban J connectivity index is 0. The fraction of sp³-hybridized carbons (Fsp3) is 1.00. The fourth-order valence-electron chi connectivity index (χ4n) is 0.510. The molecule has 0 aromatic rings. The first-order valence-corrected chi connectivity index (χ1v) is 5.64. The summed E-state index contributed by atoms with van der Waals surface area (Å²) in [6.07, 6.45) is 3.83. The smallest absolute Gasteiger partial charge is 0.0466 e. The Hall–Kier alpha value is -0.0400. The van der Waals surface area contributed by atoms with Crippen molar-refractivity contribution in [1.29, 1.82) is 0 Å². The molecule has 0 atom stereocenters. The van der Waals surface area contributed by atoms with Gasteiger partial charge in [0, 0.05) is 13.2 Å². The zero-order chi connectivity index (χ0) is 10.7. The first-order valence-electron chi connectivity index (χ1n) is 5.64. The molecule has 0 aliphatic carbocycles. The highest BCUT2D eigenvalue weighted by atomic mass is 16.5. The SMILES string of the molecule is C1CCOC1.CC.CCC(C)(C)C. The molecule has 0 bridgehead atoms. The first kappa shape index (κ1) is 15.4. The molecule has 13 heavy (non-hydrogen) atoms. The van der Waals surface area contributed by atoms with Crippen molar-refractivity contribution >= 4 is 0 Å². The largest absolute Gasteiger partial charge is 0.381 e. The van der Waals surface area contributed by atoms with Crippen molar-refractivity contribution in [3.05, 3.63) is 0 Å². The molecule has 0 spiro atoms. The van der Waals surface area contributed by atoms with Gasteiger partial charge in [0.15, 0.2) is 0 Å². The van der Waals surface area contributed by atoms with E-state index in [-0.39, 0.29) is 0 Å². The molecule has 1 nitrogen and oxygen atoms in total. The van der Waals surface area contributed by atoms with E-state index < -0.39 is 0 Å². The van der Waals surface area contributed by atoms with E-state index in [2.05, 4.69) is 27.7 Å². The molecule has 0 N–H and O–H groups in total. The summed E-state index contributed by atoms with van der Waals surface area (Å²) in [5.74, 6) is 0. The Morgan fingerprint density at radius 1 is 1.00 bits per heavy atom. The molecular weight excluding hydrogens is 160 g/mol. The Morgan fingerprint density at radius 2 is 1.31 bits per heavy atom. The minimum atomic E-state index is 0.542. The number of hydrogen-bond donors (Lipinski definition) is 0. The van der Waals surface area contributed by atoms with Crippen LogP contribution in [0, 0.1) is 5.41 Å². The van der Waals surface area contributed by atoms with E-state index in [1.165, 1.54) is 19.3 Å². The summed E-state index contributed by atoms with van der Waals surface area (Å²) in [5, 5.41) is 0. The number of hydrogen-bond acceptors (Lipinski definition) is 1. The van der Waals surface area contributed by atoms with Crippen LogP contribution in [-0.2, 0) is 4.74 Å². The third-order valence-electron chi connectivity index (χ3n) is 1.89. The topological polar surface area (TPSA) is 9.23 Å². The Kier molecular flexibility index (Phi) is 11.9. The van der Waals surface area contributed by atoms with Gasteiger partial charge >= 0.3 is 0 Å². The Morgan fingerprint density at radius 3 is 1.38 bits per heavy atom. The second-order valence-electron chi connectivity index (χ2n) is 4.23. The molecule has 1 heterocycles. The van der Waals surface area contributed by atoms with Crippen molar-refractivity contribution in [2.75, 3.05) is 13.2 Å². The van der Waals surface area contributed by atoms with Crippen molar-refractivity contribution in [3.8, 4) is 0 Å². The zero-order valence-corrected chi connectivity index (χ0v) is 10.4. The van der Waals surface area contributed by atoms with Gasteiger partial charge in [0.2, 0.25) is 0 Å². The lowest BCUT2D eigenvalue weighted by molar-refractivity contribution is 0.198. The van der Waals surface area contributed by atoms with Crippen LogP contribution in [0.15, 0.2) is 0 Å².